The first-order chi connectivity index (χ1) is 17.3. The minimum Gasteiger partial charge on any atom is -0.316 e. The number of nitrogens with one attached hydrogen (secondary N) is 2. The average Bonchev–Trinajstić information content (AvgIpc) is 3.27. The number of carbonyl (C=O) groups is 1. The maximum Gasteiger partial charge on any atom is 0.229 e. The fourth-order valence-electron chi connectivity index (χ4n) is 4.30. The number of carbonyl (C=O) groups excluding carboxylic acids is 1. The largest absolute Gasteiger partial charge is 0.316 e. The number of nitrogens with zero attached hydrogens (tertiary/aromatic N) is 4. The first-order valence-corrected chi connectivity index (χ1v) is 13.8. The molecule has 0 saturated carbocycles. The van der Waals surface area contributed by atoms with Crippen molar-refractivity contribution in [1.29, 1.82) is 0 Å². The van der Waals surface area contributed by atoms with Crippen molar-refractivity contribution in [3.8, 4) is 11.1 Å². The summed E-state index contributed by atoms with van der Waals surface area (Å²) < 4.78 is 25.2. The molecule has 0 radical (unpaired) electrons. The molecule has 2 aromatic carbocycles. The predicted octanol–water partition coefficient (Wildman–Crippen LogP) is 3.54. The lowest BCUT2D eigenvalue weighted by molar-refractivity contribution is -0.120. The Labute approximate surface area is 213 Å². The van der Waals surface area contributed by atoms with Gasteiger partial charge in [0, 0.05) is 24.6 Å². The molecule has 1 amide bonds. The smallest absolute Gasteiger partial charge is 0.229 e. The molecule has 5 rings (SSSR count). The summed E-state index contributed by atoms with van der Waals surface area (Å²) in [5.41, 5.74) is 3.97. The maximum absolute atomic E-state index is 12.7. The number of halogens is 1. The van der Waals surface area contributed by atoms with Gasteiger partial charge < -0.3 is 10.6 Å². The summed E-state index contributed by atoms with van der Waals surface area (Å²) in [6.07, 6.45) is 4.54. The number of anilines is 1. The lowest BCUT2D eigenvalue weighted by Gasteiger charge is -2.21. The van der Waals surface area contributed by atoms with Crippen molar-refractivity contribution in [2.45, 2.75) is 24.3 Å². The van der Waals surface area contributed by atoms with Crippen LogP contribution in [-0.4, -0.2) is 53.6 Å². The minimum absolute atomic E-state index is 0.0532. The fraction of sp³-hybridized carbons (Fsp3) is 0.280. The Hall–Kier alpha value is -3.34. The second kappa shape index (κ2) is 9.96. The topological polar surface area (TPSA) is 119 Å². The minimum atomic E-state index is -3.26. The molecule has 36 heavy (non-hydrogen) atoms. The molecule has 0 spiro atoms. The first kappa shape index (κ1) is 24.4. The molecule has 1 aliphatic rings. The van der Waals surface area contributed by atoms with Gasteiger partial charge in [-0.2, -0.15) is 0 Å². The molecular weight excluding hydrogens is 500 g/mol. The first-order valence-electron chi connectivity index (χ1n) is 11.6. The van der Waals surface area contributed by atoms with Crippen LogP contribution in [0.3, 0.4) is 0 Å². The van der Waals surface area contributed by atoms with E-state index >= 15 is 0 Å². The molecule has 3 heterocycles. The lowest BCUT2D eigenvalue weighted by atomic mass is 9.99. The molecule has 0 bridgehead atoms. The van der Waals surface area contributed by atoms with Crippen molar-refractivity contribution in [3.63, 3.8) is 0 Å². The number of aromatic nitrogens is 4. The van der Waals surface area contributed by atoms with Crippen molar-refractivity contribution >= 4 is 44.2 Å². The van der Waals surface area contributed by atoms with Crippen molar-refractivity contribution in [2.75, 3.05) is 24.7 Å². The second-order valence-corrected chi connectivity index (χ2v) is 11.4. The number of rotatable bonds is 6. The van der Waals surface area contributed by atoms with Crippen LogP contribution in [0.4, 0.5) is 5.82 Å². The summed E-state index contributed by atoms with van der Waals surface area (Å²) in [5.74, 6) is 0.313. The van der Waals surface area contributed by atoms with Gasteiger partial charge in [-0.05, 0) is 60.8 Å². The van der Waals surface area contributed by atoms with Crippen LogP contribution in [0.25, 0.3) is 22.2 Å². The molecule has 2 N–H and O–H groups in total. The fourth-order valence-corrected chi connectivity index (χ4v) is 5.14. The van der Waals surface area contributed by atoms with Crippen molar-refractivity contribution in [2.24, 2.45) is 5.92 Å². The van der Waals surface area contributed by atoms with Gasteiger partial charge in [0.15, 0.2) is 9.84 Å². The molecular formula is C25H25ClN6O3S. The molecule has 1 aliphatic heterocycles. The Morgan fingerprint density at radius 2 is 2.00 bits per heavy atom. The third-order valence-electron chi connectivity index (χ3n) is 6.28. The Kier molecular flexibility index (Phi) is 6.74. The third kappa shape index (κ3) is 5.25. The van der Waals surface area contributed by atoms with Crippen LogP contribution in [-0.2, 0) is 21.2 Å². The molecule has 4 aromatic rings. The van der Waals surface area contributed by atoms with E-state index in [0.717, 1.165) is 47.1 Å². The normalized spacial score (nSPS) is 16.2. The summed E-state index contributed by atoms with van der Waals surface area (Å²) in [6, 6.07) is 14.2. The second-order valence-electron chi connectivity index (χ2n) is 8.95. The Morgan fingerprint density at radius 1 is 1.19 bits per heavy atom. The van der Waals surface area contributed by atoms with Gasteiger partial charge >= 0.3 is 0 Å². The predicted molar refractivity (Wildman–Crippen MR) is 139 cm³/mol. The summed E-state index contributed by atoms with van der Waals surface area (Å²) in [7, 11) is -3.26. The monoisotopic (exact) mass is 524 g/mol. The van der Waals surface area contributed by atoms with Gasteiger partial charge in [0.2, 0.25) is 5.91 Å². The number of piperidine rings is 1. The molecule has 1 saturated heterocycles. The third-order valence-corrected chi connectivity index (χ3v) is 7.71. The average molecular weight is 525 g/mol. The van der Waals surface area contributed by atoms with Crippen LogP contribution in [0.1, 0.15) is 18.4 Å². The Balaban J connectivity index is 1.41. The highest BCUT2D eigenvalue weighted by atomic mass is 35.5. The van der Waals surface area contributed by atoms with Crippen LogP contribution in [0.2, 0.25) is 5.02 Å². The number of hydrogen-bond donors (Lipinski definition) is 2. The summed E-state index contributed by atoms with van der Waals surface area (Å²) in [5, 5.41) is 15.1. The van der Waals surface area contributed by atoms with E-state index < -0.39 is 9.84 Å². The Bertz CT molecular complexity index is 1530. The SMILES string of the molecule is CS(=O)(=O)c1ccc(Cn2nnc3ccc(-c4cc(NC(=O)[C@@H]5CCCNC5)ncc4Cl)cc32)cc1. The van der Waals surface area contributed by atoms with E-state index in [0.29, 0.717) is 23.9 Å². The Morgan fingerprint density at radius 3 is 2.72 bits per heavy atom. The summed E-state index contributed by atoms with van der Waals surface area (Å²) >= 11 is 6.49. The number of pyridine rings is 1. The molecule has 1 fully saturated rings. The zero-order chi connectivity index (χ0) is 25.3. The standard InChI is InChI=1S/C25H25ClN6O3S/c1-36(34,35)19-7-4-16(5-8-19)15-32-23-11-17(6-9-22(23)30-31-32)20-12-24(28-14-21(20)26)29-25(33)18-3-2-10-27-13-18/h4-9,11-12,14,18,27H,2-3,10,13,15H2,1H3,(H,28,29,33)/t18-/m1/s1. The van der Waals surface area contributed by atoms with E-state index in [1.807, 2.05) is 18.2 Å². The van der Waals surface area contributed by atoms with Gasteiger partial charge in [0.05, 0.1) is 27.9 Å². The number of sulfone groups is 1. The van der Waals surface area contributed by atoms with E-state index in [1.54, 1.807) is 35.0 Å². The molecule has 11 heteroatoms. The zero-order valence-corrected chi connectivity index (χ0v) is 21.2. The molecule has 1 atom stereocenters. The van der Waals surface area contributed by atoms with Crippen molar-refractivity contribution in [3.05, 3.63) is 65.3 Å². The summed E-state index contributed by atoms with van der Waals surface area (Å²) in [6.45, 7) is 2.02. The zero-order valence-electron chi connectivity index (χ0n) is 19.6. The van der Waals surface area contributed by atoms with Gasteiger partial charge in [-0.15, -0.1) is 5.10 Å². The van der Waals surface area contributed by atoms with Crippen LogP contribution in [0.15, 0.2) is 59.6 Å². The molecule has 2 aromatic heterocycles. The number of hydrogen-bond acceptors (Lipinski definition) is 7. The quantitative estimate of drug-likeness (QED) is 0.396. The van der Waals surface area contributed by atoms with Gasteiger partial charge in [0.25, 0.3) is 0 Å². The van der Waals surface area contributed by atoms with Crippen LogP contribution < -0.4 is 10.6 Å². The lowest BCUT2D eigenvalue weighted by Crippen LogP contribution is -2.37. The number of fused-ring (bicyclic) bond motifs is 1. The maximum atomic E-state index is 12.7. The summed E-state index contributed by atoms with van der Waals surface area (Å²) in [4.78, 5) is 17.2. The number of amides is 1. The van der Waals surface area contributed by atoms with Gasteiger partial charge in [-0.1, -0.05) is 35.0 Å². The highest BCUT2D eigenvalue weighted by Crippen LogP contribution is 2.31. The molecule has 0 aliphatic carbocycles. The van der Waals surface area contributed by atoms with E-state index in [4.69, 9.17) is 11.6 Å². The van der Waals surface area contributed by atoms with Gasteiger partial charge in [0.1, 0.15) is 11.3 Å². The van der Waals surface area contributed by atoms with Crippen LogP contribution in [0.5, 0.6) is 0 Å². The number of benzene rings is 2. The molecule has 186 valence electrons. The van der Waals surface area contributed by atoms with Crippen molar-refractivity contribution < 1.29 is 13.2 Å². The van der Waals surface area contributed by atoms with Crippen LogP contribution in [0, 0.1) is 5.92 Å². The van der Waals surface area contributed by atoms with E-state index in [2.05, 4.69) is 25.9 Å². The highest BCUT2D eigenvalue weighted by Gasteiger charge is 2.21. The van der Waals surface area contributed by atoms with E-state index in [9.17, 15) is 13.2 Å². The molecule has 9 nitrogen and oxygen atoms in total. The van der Waals surface area contributed by atoms with Crippen LogP contribution >= 0.6 is 11.6 Å². The molecule has 0 unspecified atom stereocenters. The van der Waals surface area contributed by atoms with E-state index in [1.165, 1.54) is 12.5 Å². The van der Waals surface area contributed by atoms with E-state index in [-0.39, 0.29) is 16.7 Å². The van der Waals surface area contributed by atoms with Gasteiger partial charge in [-0.25, -0.2) is 18.1 Å². The van der Waals surface area contributed by atoms with Gasteiger partial charge in [-0.3, -0.25) is 4.79 Å². The van der Waals surface area contributed by atoms with Crippen molar-refractivity contribution in [1.82, 2.24) is 25.3 Å². The highest BCUT2D eigenvalue weighted by molar-refractivity contribution is 7.90.